The van der Waals surface area contributed by atoms with E-state index in [1.807, 2.05) is 0 Å². The Kier molecular flexibility index (Phi) is 4.47. The molecular formula is C11H12O5. The minimum Gasteiger partial charge on any atom is -0.462 e. The summed E-state index contributed by atoms with van der Waals surface area (Å²) < 4.78 is 4.81. The summed E-state index contributed by atoms with van der Waals surface area (Å²) in [5.74, 6) is -1.29. The molecule has 16 heavy (non-hydrogen) atoms. The van der Waals surface area contributed by atoms with Crippen LogP contribution in [0.2, 0.25) is 0 Å². The molecule has 0 atom stereocenters. The Morgan fingerprint density at radius 2 is 1.69 bits per heavy atom. The number of rotatable bonds is 4. The highest BCUT2D eigenvalue weighted by atomic mass is 17.2. The standard InChI is InChI=1S/C11H12O5/c1-3-15-10(12)8-6-4-5-7-9(8)11(13)16-14-2/h4-7H,3H2,1-2H3. The maximum absolute atomic E-state index is 11.5. The highest BCUT2D eigenvalue weighted by Crippen LogP contribution is 2.11. The van der Waals surface area contributed by atoms with E-state index in [1.54, 1.807) is 19.1 Å². The van der Waals surface area contributed by atoms with Crippen molar-refractivity contribution >= 4 is 11.9 Å². The fourth-order valence-electron chi connectivity index (χ4n) is 1.17. The third-order valence-corrected chi connectivity index (χ3v) is 1.80. The van der Waals surface area contributed by atoms with Gasteiger partial charge in [0.1, 0.15) is 0 Å². The summed E-state index contributed by atoms with van der Waals surface area (Å²) >= 11 is 0. The van der Waals surface area contributed by atoms with Gasteiger partial charge in [0.05, 0.1) is 24.8 Å². The van der Waals surface area contributed by atoms with E-state index in [1.165, 1.54) is 19.2 Å². The second-order valence-electron chi connectivity index (χ2n) is 2.80. The molecule has 0 fully saturated rings. The number of ether oxygens (including phenoxy) is 1. The van der Waals surface area contributed by atoms with Crippen LogP contribution in [0.25, 0.3) is 0 Å². The summed E-state index contributed by atoms with van der Waals surface area (Å²) in [4.78, 5) is 31.5. The highest BCUT2D eigenvalue weighted by Gasteiger charge is 2.18. The minimum atomic E-state index is -0.730. The van der Waals surface area contributed by atoms with Crippen LogP contribution >= 0.6 is 0 Å². The zero-order valence-electron chi connectivity index (χ0n) is 9.06. The van der Waals surface area contributed by atoms with Crippen molar-refractivity contribution in [3.8, 4) is 0 Å². The molecule has 1 aromatic carbocycles. The van der Waals surface area contributed by atoms with Gasteiger partial charge in [-0.25, -0.2) is 9.59 Å². The fourth-order valence-corrected chi connectivity index (χ4v) is 1.17. The first kappa shape index (κ1) is 12.2. The van der Waals surface area contributed by atoms with Gasteiger partial charge in [-0.2, -0.15) is 4.89 Å². The van der Waals surface area contributed by atoms with E-state index >= 15 is 0 Å². The molecule has 5 heteroatoms. The maximum Gasteiger partial charge on any atom is 0.373 e. The van der Waals surface area contributed by atoms with Gasteiger partial charge in [-0.05, 0) is 19.1 Å². The van der Waals surface area contributed by atoms with Crippen molar-refractivity contribution in [2.75, 3.05) is 13.7 Å². The van der Waals surface area contributed by atoms with Crippen molar-refractivity contribution in [2.24, 2.45) is 0 Å². The molecule has 0 saturated heterocycles. The molecule has 0 aliphatic heterocycles. The van der Waals surface area contributed by atoms with Crippen LogP contribution in [0.3, 0.4) is 0 Å². The summed E-state index contributed by atoms with van der Waals surface area (Å²) in [5, 5.41) is 0. The Balaban J connectivity index is 3.00. The predicted octanol–water partition coefficient (Wildman–Crippen LogP) is 1.58. The van der Waals surface area contributed by atoms with E-state index in [4.69, 9.17) is 4.74 Å². The van der Waals surface area contributed by atoms with Gasteiger partial charge < -0.3 is 4.74 Å². The van der Waals surface area contributed by atoms with Crippen LogP contribution in [0.1, 0.15) is 27.6 Å². The minimum absolute atomic E-state index is 0.114. The number of esters is 1. The molecule has 5 nitrogen and oxygen atoms in total. The number of carbonyl (C=O) groups is 2. The summed E-state index contributed by atoms with van der Waals surface area (Å²) in [6.45, 7) is 1.93. The van der Waals surface area contributed by atoms with E-state index in [2.05, 4.69) is 9.78 Å². The Morgan fingerprint density at radius 3 is 2.19 bits per heavy atom. The largest absolute Gasteiger partial charge is 0.462 e. The lowest BCUT2D eigenvalue weighted by Gasteiger charge is -2.06. The average molecular weight is 224 g/mol. The van der Waals surface area contributed by atoms with E-state index in [0.717, 1.165) is 0 Å². The van der Waals surface area contributed by atoms with Gasteiger partial charge >= 0.3 is 11.9 Å². The predicted molar refractivity (Wildman–Crippen MR) is 54.8 cm³/mol. The molecule has 0 bridgehead atoms. The van der Waals surface area contributed by atoms with Crippen LogP contribution in [0.5, 0.6) is 0 Å². The Labute approximate surface area is 92.8 Å². The van der Waals surface area contributed by atoms with Crippen molar-refractivity contribution in [3.63, 3.8) is 0 Å². The fraction of sp³-hybridized carbons (Fsp3) is 0.273. The zero-order valence-corrected chi connectivity index (χ0v) is 9.06. The summed E-state index contributed by atoms with van der Waals surface area (Å²) in [5.41, 5.74) is 0.272. The summed E-state index contributed by atoms with van der Waals surface area (Å²) in [6.07, 6.45) is 0. The Morgan fingerprint density at radius 1 is 1.12 bits per heavy atom. The van der Waals surface area contributed by atoms with Gasteiger partial charge in [-0.15, -0.1) is 0 Å². The molecule has 0 aliphatic rings. The van der Waals surface area contributed by atoms with E-state index in [-0.39, 0.29) is 17.7 Å². The molecule has 86 valence electrons. The molecule has 0 N–H and O–H groups in total. The number of benzene rings is 1. The summed E-state index contributed by atoms with van der Waals surface area (Å²) in [6, 6.07) is 6.21. The second kappa shape index (κ2) is 5.87. The van der Waals surface area contributed by atoms with Crippen molar-refractivity contribution in [1.29, 1.82) is 0 Å². The van der Waals surface area contributed by atoms with Gasteiger partial charge in [0, 0.05) is 0 Å². The van der Waals surface area contributed by atoms with Crippen LogP contribution < -0.4 is 0 Å². The first-order valence-corrected chi connectivity index (χ1v) is 4.71. The third-order valence-electron chi connectivity index (χ3n) is 1.80. The van der Waals surface area contributed by atoms with Gasteiger partial charge in [0.25, 0.3) is 0 Å². The van der Waals surface area contributed by atoms with Crippen LogP contribution in [0, 0.1) is 0 Å². The van der Waals surface area contributed by atoms with E-state index in [9.17, 15) is 9.59 Å². The molecule has 0 aromatic heterocycles. The lowest BCUT2D eigenvalue weighted by Crippen LogP contribution is -2.13. The molecule has 0 unspecified atom stereocenters. The normalized spacial score (nSPS) is 9.62. The molecule has 0 amide bonds. The number of carbonyl (C=O) groups excluding carboxylic acids is 2. The lowest BCUT2D eigenvalue weighted by molar-refractivity contribution is -0.216. The molecule has 1 aromatic rings. The topological polar surface area (TPSA) is 61.8 Å². The Bertz CT molecular complexity index is 349. The van der Waals surface area contributed by atoms with Crippen molar-refractivity contribution < 1.29 is 24.1 Å². The third kappa shape index (κ3) is 2.80. The molecule has 1 rings (SSSR count). The molecule has 0 saturated carbocycles. The van der Waals surface area contributed by atoms with Crippen LogP contribution in [0.4, 0.5) is 0 Å². The SMILES string of the molecule is CCOC(=O)c1ccccc1C(=O)OOC. The van der Waals surface area contributed by atoms with Crippen molar-refractivity contribution in [2.45, 2.75) is 6.92 Å². The van der Waals surface area contributed by atoms with Gasteiger partial charge in [-0.3, -0.25) is 4.89 Å². The highest BCUT2D eigenvalue weighted by molar-refractivity contribution is 6.02. The zero-order chi connectivity index (χ0) is 12.0. The second-order valence-corrected chi connectivity index (χ2v) is 2.80. The van der Waals surface area contributed by atoms with Gasteiger partial charge in [0.2, 0.25) is 0 Å². The van der Waals surface area contributed by atoms with E-state index in [0.29, 0.717) is 0 Å². The van der Waals surface area contributed by atoms with E-state index < -0.39 is 11.9 Å². The summed E-state index contributed by atoms with van der Waals surface area (Å²) in [7, 11) is 1.21. The average Bonchev–Trinajstić information content (AvgIpc) is 2.30. The molecule has 0 radical (unpaired) electrons. The smallest absolute Gasteiger partial charge is 0.373 e. The van der Waals surface area contributed by atoms with Crippen LogP contribution in [-0.4, -0.2) is 25.7 Å². The quantitative estimate of drug-likeness (QED) is 0.441. The van der Waals surface area contributed by atoms with Gasteiger partial charge in [0.15, 0.2) is 0 Å². The Hall–Kier alpha value is -1.88. The maximum atomic E-state index is 11.5. The van der Waals surface area contributed by atoms with Crippen molar-refractivity contribution in [1.82, 2.24) is 0 Å². The number of hydrogen-bond acceptors (Lipinski definition) is 5. The first-order valence-electron chi connectivity index (χ1n) is 4.71. The monoisotopic (exact) mass is 224 g/mol. The van der Waals surface area contributed by atoms with Crippen molar-refractivity contribution in [3.05, 3.63) is 35.4 Å². The molecule has 0 spiro atoms. The lowest BCUT2D eigenvalue weighted by atomic mass is 10.1. The molecule has 0 heterocycles. The van der Waals surface area contributed by atoms with Crippen LogP contribution in [-0.2, 0) is 14.5 Å². The molecule has 0 aliphatic carbocycles. The molecular weight excluding hydrogens is 212 g/mol. The van der Waals surface area contributed by atoms with Gasteiger partial charge in [-0.1, -0.05) is 12.1 Å². The first-order chi connectivity index (χ1) is 7.70. The number of hydrogen-bond donors (Lipinski definition) is 0. The van der Waals surface area contributed by atoms with Crippen LogP contribution in [0.15, 0.2) is 24.3 Å².